The molecule has 0 aromatic heterocycles. The van der Waals surface area contributed by atoms with Gasteiger partial charge in [0, 0.05) is 17.3 Å². The first-order valence-corrected chi connectivity index (χ1v) is 3.10. The first-order valence-electron chi connectivity index (χ1n) is 2.56. The summed E-state index contributed by atoms with van der Waals surface area (Å²) in [5, 5.41) is 3.26. The maximum Gasteiger partial charge on any atom is 0.0601 e. The largest absolute Gasteiger partial charge is 0.380 e. The monoisotopic (exact) mass is 149 g/mol. The van der Waals surface area contributed by atoms with Crippen LogP contribution in [0, 0.1) is 0 Å². The number of alkyl halides is 1. The smallest absolute Gasteiger partial charge is 0.0601 e. The maximum absolute atomic E-state index is 7.80. The van der Waals surface area contributed by atoms with E-state index in [4.69, 9.17) is 21.9 Å². The summed E-state index contributed by atoms with van der Waals surface area (Å²) < 4.78 is 4.89. The maximum atomic E-state index is 7.80. The molecule has 0 unspecified atom stereocenters. The molecule has 0 radical (unpaired) electrons. The molecule has 0 aromatic carbocycles. The molecular weight excluding hydrogens is 142 g/mol. The number of nitrogens with zero attached hydrogens (tertiary/aromatic N) is 3. The minimum atomic E-state index is 0.382. The van der Waals surface area contributed by atoms with Crippen molar-refractivity contribution in [3.05, 3.63) is 10.4 Å². The molecule has 0 spiro atoms. The number of halogens is 1. The van der Waals surface area contributed by atoms with Crippen molar-refractivity contribution >= 4 is 11.6 Å². The Balaban J connectivity index is 2.82. The predicted molar refractivity (Wildman–Crippen MR) is 35.6 cm³/mol. The first-order chi connectivity index (χ1) is 4.41. The molecule has 0 aromatic rings. The molecule has 52 valence electrons. The molecule has 9 heavy (non-hydrogen) atoms. The van der Waals surface area contributed by atoms with E-state index in [2.05, 4.69) is 10.0 Å². The minimum absolute atomic E-state index is 0.382. The van der Waals surface area contributed by atoms with Crippen LogP contribution in [-0.4, -0.2) is 25.6 Å². The second kappa shape index (κ2) is 7.56. The third kappa shape index (κ3) is 7.56. The van der Waals surface area contributed by atoms with Gasteiger partial charge in [-0.3, -0.25) is 0 Å². The summed E-state index contributed by atoms with van der Waals surface area (Å²) in [6.07, 6.45) is 0. The summed E-state index contributed by atoms with van der Waals surface area (Å²) in [4.78, 5) is 2.55. The fraction of sp³-hybridized carbons (Fsp3) is 1.00. The zero-order valence-electron chi connectivity index (χ0n) is 4.96. The summed E-state index contributed by atoms with van der Waals surface area (Å²) in [5.41, 5.74) is 7.80. The molecule has 0 aliphatic rings. The lowest BCUT2D eigenvalue weighted by Gasteiger charge is -1.94. The van der Waals surface area contributed by atoms with Gasteiger partial charge in [-0.05, 0) is 5.53 Å². The van der Waals surface area contributed by atoms with Crippen LogP contribution in [0.2, 0.25) is 0 Å². The van der Waals surface area contributed by atoms with E-state index in [0.29, 0.717) is 25.6 Å². The second-order valence-corrected chi connectivity index (χ2v) is 1.63. The Morgan fingerprint density at radius 2 is 2.33 bits per heavy atom. The quantitative estimate of drug-likeness (QED) is 0.192. The van der Waals surface area contributed by atoms with Crippen LogP contribution in [0.3, 0.4) is 0 Å². The molecule has 0 saturated heterocycles. The van der Waals surface area contributed by atoms with Crippen molar-refractivity contribution in [1.82, 2.24) is 0 Å². The van der Waals surface area contributed by atoms with E-state index in [9.17, 15) is 0 Å². The van der Waals surface area contributed by atoms with Crippen LogP contribution in [0.4, 0.5) is 0 Å². The second-order valence-electron chi connectivity index (χ2n) is 1.26. The lowest BCUT2D eigenvalue weighted by molar-refractivity contribution is 0.157. The van der Waals surface area contributed by atoms with Gasteiger partial charge in [-0.25, -0.2) is 0 Å². The van der Waals surface area contributed by atoms with Crippen LogP contribution < -0.4 is 0 Å². The summed E-state index contributed by atoms with van der Waals surface area (Å²) in [7, 11) is 0. The molecule has 0 N–H and O–H groups in total. The lowest BCUT2D eigenvalue weighted by atomic mass is 10.7. The van der Waals surface area contributed by atoms with Crippen molar-refractivity contribution in [2.75, 3.05) is 25.6 Å². The molecule has 0 bridgehead atoms. The highest BCUT2D eigenvalue weighted by Crippen LogP contribution is 1.79. The molecule has 0 amide bonds. The third-order valence-electron chi connectivity index (χ3n) is 0.620. The van der Waals surface area contributed by atoms with Gasteiger partial charge >= 0.3 is 0 Å². The number of azide groups is 1. The summed E-state index contributed by atoms with van der Waals surface area (Å²) in [6.45, 7) is 1.35. The van der Waals surface area contributed by atoms with E-state index in [1.165, 1.54) is 0 Å². The first kappa shape index (κ1) is 8.56. The number of rotatable bonds is 5. The molecule has 0 atom stereocenters. The van der Waals surface area contributed by atoms with Crippen LogP contribution in [0.1, 0.15) is 0 Å². The topological polar surface area (TPSA) is 58.0 Å². The molecule has 0 aliphatic carbocycles. The predicted octanol–water partition coefficient (Wildman–Crippen LogP) is 1.55. The summed E-state index contributed by atoms with van der Waals surface area (Å²) >= 11 is 5.29. The zero-order valence-corrected chi connectivity index (χ0v) is 5.71. The standard InChI is InChI=1S/C4H8ClN3O/c5-1-3-9-4-2-7-8-6/h1-4H2. The van der Waals surface area contributed by atoms with Crippen molar-refractivity contribution in [1.29, 1.82) is 0 Å². The van der Waals surface area contributed by atoms with Crippen molar-refractivity contribution in [3.63, 3.8) is 0 Å². The molecule has 0 aliphatic heterocycles. The average molecular weight is 150 g/mol. The fourth-order valence-corrected chi connectivity index (χ4v) is 0.416. The van der Waals surface area contributed by atoms with E-state index < -0.39 is 0 Å². The van der Waals surface area contributed by atoms with E-state index in [0.717, 1.165) is 0 Å². The Hall–Kier alpha value is -0.440. The van der Waals surface area contributed by atoms with Gasteiger partial charge in [0.15, 0.2) is 0 Å². The van der Waals surface area contributed by atoms with Gasteiger partial charge in [0.2, 0.25) is 0 Å². The molecule has 0 heterocycles. The van der Waals surface area contributed by atoms with E-state index in [1.807, 2.05) is 0 Å². The fourth-order valence-electron chi connectivity index (χ4n) is 0.307. The highest BCUT2D eigenvalue weighted by atomic mass is 35.5. The zero-order chi connectivity index (χ0) is 6.95. The molecule has 5 heteroatoms. The normalized spacial score (nSPS) is 8.56. The Kier molecular flexibility index (Phi) is 7.19. The van der Waals surface area contributed by atoms with Crippen molar-refractivity contribution < 1.29 is 4.74 Å². The van der Waals surface area contributed by atoms with E-state index in [-0.39, 0.29) is 0 Å². The van der Waals surface area contributed by atoms with Crippen molar-refractivity contribution in [3.8, 4) is 0 Å². The van der Waals surface area contributed by atoms with Crippen molar-refractivity contribution in [2.45, 2.75) is 0 Å². The molecule has 0 fully saturated rings. The van der Waals surface area contributed by atoms with E-state index in [1.54, 1.807) is 0 Å². The molecule has 4 nitrogen and oxygen atoms in total. The SMILES string of the molecule is [N-]=[N+]=NCCOCCCl. The van der Waals surface area contributed by atoms with Gasteiger partial charge in [0.1, 0.15) is 0 Å². The van der Waals surface area contributed by atoms with Gasteiger partial charge in [-0.2, -0.15) is 0 Å². The van der Waals surface area contributed by atoms with Crippen LogP contribution in [0.15, 0.2) is 5.11 Å². The van der Waals surface area contributed by atoms with Gasteiger partial charge in [-0.1, -0.05) is 5.11 Å². The molecular formula is C4H8ClN3O. The number of hydrogen-bond donors (Lipinski definition) is 0. The minimum Gasteiger partial charge on any atom is -0.380 e. The van der Waals surface area contributed by atoms with Gasteiger partial charge in [-0.15, -0.1) is 11.6 Å². The molecule has 0 saturated carbocycles. The third-order valence-corrected chi connectivity index (χ3v) is 0.775. The van der Waals surface area contributed by atoms with Crippen LogP contribution in [-0.2, 0) is 4.74 Å². The summed E-state index contributed by atoms with van der Waals surface area (Å²) in [5.74, 6) is 0.482. The molecule has 0 rings (SSSR count). The Morgan fingerprint density at radius 3 is 2.89 bits per heavy atom. The van der Waals surface area contributed by atoms with Gasteiger partial charge in [0.05, 0.1) is 13.2 Å². The summed E-state index contributed by atoms with van der Waals surface area (Å²) in [6, 6.07) is 0. The van der Waals surface area contributed by atoms with E-state index >= 15 is 0 Å². The van der Waals surface area contributed by atoms with Crippen molar-refractivity contribution in [2.24, 2.45) is 5.11 Å². The Labute approximate surface area is 58.4 Å². The van der Waals surface area contributed by atoms with Crippen LogP contribution in [0.25, 0.3) is 10.4 Å². The van der Waals surface area contributed by atoms with Crippen LogP contribution in [0.5, 0.6) is 0 Å². The highest BCUT2D eigenvalue weighted by Gasteiger charge is 1.82. The highest BCUT2D eigenvalue weighted by molar-refractivity contribution is 6.17. The Bertz CT molecular complexity index is 102. The Morgan fingerprint density at radius 1 is 1.56 bits per heavy atom. The van der Waals surface area contributed by atoms with Crippen LogP contribution >= 0.6 is 11.6 Å². The lowest BCUT2D eigenvalue weighted by Crippen LogP contribution is -1.99. The van der Waals surface area contributed by atoms with Gasteiger partial charge < -0.3 is 4.74 Å². The number of hydrogen-bond acceptors (Lipinski definition) is 2. The average Bonchev–Trinajstić information content (AvgIpc) is 1.89. The van der Waals surface area contributed by atoms with Gasteiger partial charge in [0.25, 0.3) is 0 Å². The number of ether oxygens (including phenoxy) is 1.